The van der Waals surface area contributed by atoms with E-state index in [-0.39, 0.29) is 6.04 Å². The zero-order valence-corrected chi connectivity index (χ0v) is 8.61. The maximum absolute atomic E-state index is 5.88. The fourth-order valence-electron chi connectivity index (χ4n) is 1.97. The van der Waals surface area contributed by atoms with E-state index in [1.165, 1.54) is 18.4 Å². The maximum atomic E-state index is 5.88. The molecule has 1 heterocycles. The van der Waals surface area contributed by atoms with Gasteiger partial charge >= 0.3 is 0 Å². The van der Waals surface area contributed by atoms with Crippen LogP contribution in [0, 0.1) is 0 Å². The monoisotopic (exact) mass is 191 g/mol. The number of nitrogens with two attached hydrogens (primary N) is 1. The van der Waals surface area contributed by atoms with Gasteiger partial charge in [0.05, 0.1) is 5.69 Å². The van der Waals surface area contributed by atoms with Crippen LogP contribution in [-0.2, 0) is 13.5 Å². The van der Waals surface area contributed by atoms with E-state index in [2.05, 4.69) is 17.2 Å². The number of rotatable bonds is 2. The molecule has 0 aliphatic heterocycles. The van der Waals surface area contributed by atoms with Crippen molar-refractivity contribution >= 4 is 0 Å². The van der Waals surface area contributed by atoms with Crippen molar-refractivity contribution in [1.82, 2.24) is 9.78 Å². The molecule has 1 unspecified atom stereocenters. The van der Waals surface area contributed by atoms with Crippen LogP contribution >= 0.6 is 0 Å². The molecule has 0 aromatic carbocycles. The summed E-state index contributed by atoms with van der Waals surface area (Å²) in [6.45, 7) is 0. The predicted molar refractivity (Wildman–Crippen MR) is 56.8 cm³/mol. The highest BCUT2D eigenvalue weighted by Gasteiger charge is 2.10. The fourth-order valence-corrected chi connectivity index (χ4v) is 1.97. The fraction of sp³-hybridized carbons (Fsp3) is 0.545. The van der Waals surface area contributed by atoms with E-state index in [0.29, 0.717) is 0 Å². The van der Waals surface area contributed by atoms with Gasteiger partial charge in [0.2, 0.25) is 0 Å². The van der Waals surface area contributed by atoms with Crippen molar-refractivity contribution in [1.29, 1.82) is 0 Å². The molecule has 0 saturated carbocycles. The zero-order chi connectivity index (χ0) is 9.97. The van der Waals surface area contributed by atoms with E-state index in [0.717, 1.165) is 18.5 Å². The van der Waals surface area contributed by atoms with Gasteiger partial charge in [-0.1, -0.05) is 11.6 Å². The lowest BCUT2D eigenvalue weighted by Gasteiger charge is -2.16. The van der Waals surface area contributed by atoms with Crippen molar-refractivity contribution < 1.29 is 0 Å². The molecular weight excluding hydrogens is 174 g/mol. The van der Waals surface area contributed by atoms with Crippen molar-refractivity contribution in [3.63, 3.8) is 0 Å². The Bertz CT molecular complexity index is 338. The molecule has 0 spiro atoms. The average Bonchev–Trinajstić information content (AvgIpc) is 2.51. The number of hydrogen-bond acceptors (Lipinski definition) is 2. The molecule has 76 valence electrons. The topological polar surface area (TPSA) is 43.8 Å². The molecule has 3 heteroatoms. The quantitative estimate of drug-likeness (QED) is 0.718. The molecule has 0 radical (unpaired) electrons. The van der Waals surface area contributed by atoms with Crippen LogP contribution in [0.5, 0.6) is 0 Å². The van der Waals surface area contributed by atoms with E-state index >= 15 is 0 Å². The first kappa shape index (κ1) is 9.46. The molecule has 1 aliphatic carbocycles. The van der Waals surface area contributed by atoms with E-state index in [4.69, 9.17) is 5.73 Å². The second kappa shape index (κ2) is 3.96. The van der Waals surface area contributed by atoms with Gasteiger partial charge in [0.15, 0.2) is 0 Å². The van der Waals surface area contributed by atoms with E-state index < -0.39 is 0 Å². The molecule has 2 rings (SSSR count). The second-order valence-corrected chi connectivity index (χ2v) is 4.04. The summed E-state index contributed by atoms with van der Waals surface area (Å²) >= 11 is 0. The summed E-state index contributed by atoms with van der Waals surface area (Å²) in [7, 11) is 1.95. The lowest BCUT2D eigenvalue weighted by atomic mass is 9.93. The van der Waals surface area contributed by atoms with Crippen LogP contribution in [0.3, 0.4) is 0 Å². The summed E-state index contributed by atoms with van der Waals surface area (Å²) in [4.78, 5) is 0. The summed E-state index contributed by atoms with van der Waals surface area (Å²) in [6, 6.07) is 2.34. The highest BCUT2D eigenvalue weighted by atomic mass is 15.2. The van der Waals surface area contributed by atoms with Crippen LogP contribution in [0.1, 0.15) is 25.0 Å². The Kier molecular flexibility index (Phi) is 2.68. The van der Waals surface area contributed by atoms with Crippen molar-refractivity contribution in [2.75, 3.05) is 0 Å². The first-order valence-corrected chi connectivity index (χ1v) is 5.18. The van der Waals surface area contributed by atoms with Gasteiger partial charge in [0, 0.05) is 25.7 Å². The number of aromatic nitrogens is 2. The van der Waals surface area contributed by atoms with Gasteiger partial charge in [-0.2, -0.15) is 5.10 Å². The van der Waals surface area contributed by atoms with Gasteiger partial charge in [-0.15, -0.1) is 0 Å². The largest absolute Gasteiger partial charge is 0.324 e. The molecule has 1 aromatic heterocycles. The normalized spacial score (nSPS) is 22.1. The Morgan fingerprint density at radius 1 is 1.64 bits per heavy atom. The van der Waals surface area contributed by atoms with Crippen LogP contribution < -0.4 is 5.73 Å². The molecule has 1 atom stereocenters. The summed E-state index contributed by atoms with van der Waals surface area (Å²) in [5, 5.41) is 4.36. The van der Waals surface area contributed by atoms with Gasteiger partial charge in [0.25, 0.3) is 0 Å². The third kappa shape index (κ3) is 2.23. The molecule has 14 heavy (non-hydrogen) atoms. The Balaban J connectivity index is 2.03. The SMILES string of the molecule is Cn1ccc(CC2=CC(N)CCC2)n1. The maximum Gasteiger partial charge on any atom is 0.0664 e. The number of hydrogen-bond donors (Lipinski definition) is 1. The summed E-state index contributed by atoms with van der Waals surface area (Å²) in [5.41, 5.74) is 8.47. The molecule has 1 aromatic rings. The third-order valence-corrected chi connectivity index (χ3v) is 2.66. The number of nitrogens with zero attached hydrogens (tertiary/aromatic N) is 2. The summed E-state index contributed by atoms with van der Waals surface area (Å²) in [5.74, 6) is 0. The van der Waals surface area contributed by atoms with Crippen LogP contribution in [0.4, 0.5) is 0 Å². The zero-order valence-electron chi connectivity index (χ0n) is 8.61. The van der Waals surface area contributed by atoms with E-state index in [1.54, 1.807) is 0 Å². The highest BCUT2D eigenvalue weighted by molar-refractivity contribution is 5.17. The molecular formula is C11H17N3. The van der Waals surface area contributed by atoms with E-state index in [9.17, 15) is 0 Å². The first-order chi connectivity index (χ1) is 6.74. The molecule has 0 saturated heterocycles. The van der Waals surface area contributed by atoms with E-state index in [1.807, 2.05) is 17.9 Å². The van der Waals surface area contributed by atoms with Crippen molar-refractivity contribution in [2.45, 2.75) is 31.7 Å². The molecule has 3 nitrogen and oxygen atoms in total. The van der Waals surface area contributed by atoms with Gasteiger partial charge < -0.3 is 5.73 Å². The molecule has 0 bridgehead atoms. The molecule has 2 N–H and O–H groups in total. The molecule has 0 fully saturated rings. The van der Waals surface area contributed by atoms with Crippen molar-refractivity contribution in [3.8, 4) is 0 Å². The number of aryl methyl sites for hydroxylation is 1. The smallest absolute Gasteiger partial charge is 0.0664 e. The van der Waals surface area contributed by atoms with Gasteiger partial charge in [-0.05, 0) is 25.3 Å². The standard InChI is InChI=1S/C11H17N3/c1-14-6-5-11(13-14)8-9-3-2-4-10(12)7-9/h5-7,10H,2-4,8,12H2,1H3. The Hall–Kier alpha value is -1.09. The van der Waals surface area contributed by atoms with Gasteiger partial charge in [0.1, 0.15) is 0 Å². The lowest BCUT2D eigenvalue weighted by molar-refractivity contribution is 0.614. The van der Waals surface area contributed by atoms with Crippen LogP contribution in [-0.4, -0.2) is 15.8 Å². The minimum Gasteiger partial charge on any atom is -0.324 e. The van der Waals surface area contributed by atoms with Gasteiger partial charge in [-0.25, -0.2) is 0 Å². The predicted octanol–water partition coefficient (Wildman–Crippen LogP) is 1.40. The minimum atomic E-state index is 0.266. The number of allylic oxidation sites excluding steroid dienone is 1. The summed E-state index contributed by atoms with van der Waals surface area (Å²) < 4.78 is 1.85. The van der Waals surface area contributed by atoms with Gasteiger partial charge in [-0.3, -0.25) is 4.68 Å². The third-order valence-electron chi connectivity index (χ3n) is 2.66. The highest BCUT2D eigenvalue weighted by Crippen LogP contribution is 2.19. The van der Waals surface area contributed by atoms with Crippen molar-refractivity contribution in [2.24, 2.45) is 12.8 Å². The second-order valence-electron chi connectivity index (χ2n) is 4.04. The molecule has 0 amide bonds. The van der Waals surface area contributed by atoms with Crippen LogP contribution in [0.2, 0.25) is 0 Å². The van der Waals surface area contributed by atoms with Crippen LogP contribution in [0.25, 0.3) is 0 Å². The van der Waals surface area contributed by atoms with Crippen molar-refractivity contribution in [3.05, 3.63) is 29.6 Å². The Labute approximate surface area is 84.6 Å². The van der Waals surface area contributed by atoms with Crippen LogP contribution in [0.15, 0.2) is 23.9 Å². The lowest BCUT2D eigenvalue weighted by Crippen LogP contribution is -2.20. The molecule has 1 aliphatic rings. The first-order valence-electron chi connectivity index (χ1n) is 5.18. The Morgan fingerprint density at radius 3 is 3.14 bits per heavy atom. The summed E-state index contributed by atoms with van der Waals surface area (Å²) in [6.07, 6.45) is 8.70. The Morgan fingerprint density at radius 2 is 2.50 bits per heavy atom. The minimum absolute atomic E-state index is 0.266. The average molecular weight is 191 g/mol.